The summed E-state index contributed by atoms with van der Waals surface area (Å²) in [6, 6.07) is 13.6. The summed E-state index contributed by atoms with van der Waals surface area (Å²) in [5.41, 5.74) is 2.91. The van der Waals surface area contributed by atoms with Crippen LogP contribution in [0.15, 0.2) is 53.7 Å². The first kappa shape index (κ1) is 24.6. The van der Waals surface area contributed by atoms with Gasteiger partial charge in [-0.3, -0.25) is 19.6 Å². The molecule has 1 aliphatic rings. The van der Waals surface area contributed by atoms with Crippen LogP contribution in [0.25, 0.3) is 0 Å². The second-order valence-electron chi connectivity index (χ2n) is 7.23. The standard InChI is InChI=1S/C22H28N6O2.HI/c1-23-22(25-14-16-13-20(29)27-19-9-4-3-8-18(16)19)26-15-21(30)28(2)12-10-17-7-5-6-11-24-17;/h3-9,11,16H,10,12-15H2,1-2H3,(H,27,29)(H2,23,25,26);1H. The van der Waals surface area contributed by atoms with Crippen LogP contribution in [0.4, 0.5) is 5.69 Å². The van der Waals surface area contributed by atoms with E-state index in [1.54, 1.807) is 25.2 Å². The van der Waals surface area contributed by atoms with Crippen LogP contribution in [0.1, 0.15) is 23.6 Å². The molecule has 2 heterocycles. The molecule has 2 amide bonds. The lowest BCUT2D eigenvalue weighted by Gasteiger charge is -2.26. The van der Waals surface area contributed by atoms with E-state index in [2.05, 4.69) is 25.9 Å². The number of aliphatic imine (C=N–C) groups is 1. The minimum Gasteiger partial charge on any atom is -0.356 e. The Balaban J connectivity index is 0.00000341. The van der Waals surface area contributed by atoms with E-state index in [1.165, 1.54) is 0 Å². The van der Waals surface area contributed by atoms with Crippen molar-refractivity contribution in [3.8, 4) is 0 Å². The Labute approximate surface area is 199 Å². The van der Waals surface area contributed by atoms with Crippen molar-refractivity contribution in [1.82, 2.24) is 20.5 Å². The average molecular weight is 536 g/mol. The van der Waals surface area contributed by atoms with Gasteiger partial charge in [-0.15, -0.1) is 24.0 Å². The van der Waals surface area contributed by atoms with Gasteiger partial charge >= 0.3 is 0 Å². The van der Waals surface area contributed by atoms with Gasteiger partial charge in [0.1, 0.15) is 0 Å². The minimum absolute atomic E-state index is 0. The Morgan fingerprint density at radius 2 is 2.00 bits per heavy atom. The van der Waals surface area contributed by atoms with Gasteiger partial charge in [-0.2, -0.15) is 0 Å². The summed E-state index contributed by atoms with van der Waals surface area (Å²) in [7, 11) is 3.44. The van der Waals surface area contributed by atoms with Crippen LogP contribution in [0, 0.1) is 0 Å². The highest BCUT2D eigenvalue weighted by molar-refractivity contribution is 14.0. The summed E-state index contributed by atoms with van der Waals surface area (Å²) >= 11 is 0. The van der Waals surface area contributed by atoms with Gasteiger partial charge in [-0.05, 0) is 23.8 Å². The maximum atomic E-state index is 12.4. The monoisotopic (exact) mass is 536 g/mol. The molecule has 31 heavy (non-hydrogen) atoms. The van der Waals surface area contributed by atoms with E-state index in [0.29, 0.717) is 31.9 Å². The van der Waals surface area contributed by atoms with Crippen molar-refractivity contribution in [2.45, 2.75) is 18.8 Å². The Bertz CT molecular complexity index is 906. The van der Waals surface area contributed by atoms with Crippen molar-refractivity contribution in [1.29, 1.82) is 0 Å². The number of hydrogen-bond acceptors (Lipinski definition) is 4. The lowest BCUT2D eigenvalue weighted by Crippen LogP contribution is -2.45. The number of anilines is 1. The van der Waals surface area contributed by atoms with Crippen LogP contribution in [0.2, 0.25) is 0 Å². The molecule has 1 unspecified atom stereocenters. The number of nitrogens with one attached hydrogen (secondary N) is 3. The predicted molar refractivity (Wildman–Crippen MR) is 133 cm³/mol. The van der Waals surface area contributed by atoms with Crippen molar-refractivity contribution in [2.75, 3.05) is 39.0 Å². The first-order valence-electron chi connectivity index (χ1n) is 10.0. The quantitative estimate of drug-likeness (QED) is 0.286. The van der Waals surface area contributed by atoms with Gasteiger partial charge in [0.2, 0.25) is 11.8 Å². The summed E-state index contributed by atoms with van der Waals surface area (Å²) in [6.07, 6.45) is 2.87. The zero-order chi connectivity index (χ0) is 21.3. The molecule has 0 saturated carbocycles. The lowest BCUT2D eigenvalue weighted by molar-refractivity contribution is -0.128. The summed E-state index contributed by atoms with van der Waals surface area (Å²) in [6.45, 7) is 1.28. The molecule has 0 aliphatic carbocycles. The van der Waals surface area contributed by atoms with Gasteiger partial charge in [0.25, 0.3) is 0 Å². The molecule has 1 atom stereocenters. The number of para-hydroxylation sites is 1. The number of carbonyl (C=O) groups is 2. The minimum atomic E-state index is -0.0312. The summed E-state index contributed by atoms with van der Waals surface area (Å²) in [5, 5.41) is 9.19. The summed E-state index contributed by atoms with van der Waals surface area (Å²) in [4.78, 5) is 34.5. The lowest BCUT2D eigenvalue weighted by atomic mass is 9.90. The zero-order valence-corrected chi connectivity index (χ0v) is 20.1. The Kier molecular flexibility index (Phi) is 9.70. The maximum absolute atomic E-state index is 12.4. The maximum Gasteiger partial charge on any atom is 0.241 e. The van der Waals surface area contributed by atoms with Crippen molar-refractivity contribution < 1.29 is 9.59 Å². The molecule has 8 nitrogen and oxygen atoms in total. The van der Waals surface area contributed by atoms with Gasteiger partial charge in [0, 0.05) is 63.5 Å². The van der Waals surface area contributed by atoms with E-state index >= 15 is 0 Å². The van der Waals surface area contributed by atoms with Gasteiger partial charge < -0.3 is 20.9 Å². The number of carbonyl (C=O) groups excluding carboxylic acids is 2. The van der Waals surface area contributed by atoms with Crippen molar-refractivity contribution in [2.24, 2.45) is 4.99 Å². The fourth-order valence-corrected chi connectivity index (χ4v) is 3.37. The molecule has 9 heteroatoms. The van der Waals surface area contributed by atoms with E-state index in [9.17, 15) is 9.59 Å². The number of guanidine groups is 1. The largest absolute Gasteiger partial charge is 0.356 e. The number of benzene rings is 1. The molecule has 1 aliphatic heterocycles. The molecular formula is C22H29IN6O2. The van der Waals surface area contributed by atoms with E-state index in [4.69, 9.17) is 0 Å². The third-order valence-corrected chi connectivity index (χ3v) is 5.11. The summed E-state index contributed by atoms with van der Waals surface area (Å²) in [5.74, 6) is 0.555. The van der Waals surface area contributed by atoms with Crippen LogP contribution in [-0.2, 0) is 16.0 Å². The molecule has 2 aromatic rings. The third-order valence-electron chi connectivity index (χ3n) is 5.11. The molecule has 1 aromatic heterocycles. The van der Waals surface area contributed by atoms with Crippen LogP contribution in [0.5, 0.6) is 0 Å². The van der Waals surface area contributed by atoms with E-state index in [1.807, 2.05) is 42.5 Å². The molecule has 0 bridgehead atoms. The second-order valence-corrected chi connectivity index (χ2v) is 7.23. The number of nitrogens with zero attached hydrogens (tertiary/aromatic N) is 3. The van der Waals surface area contributed by atoms with Crippen molar-refractivity contribution in [3.63, 3.8) is 0 Å². The Morgan fingerprint density at radius 1 is 1.23 bits per heavy atom. The number of halogens is 1. The number of fused-ring (bicyclic) bond motifs is 1. The van der Waals surface area contributed by atoms with E-state index < -0.39 is 0 Å². The third kappa shape index (κ3) is 7.20. The van der Waals surface area contributed by atoms with Crippen molar-refractivity contribution >= 4 is 47.4 Å². The van der Waals surface area contributed by atoms with E-state index in [-0.39, 0.29) is 48.3 Å². The first-order chi connectivity index (χ1) is 14.6. The molecule has 1 aromatic carbocycles. The number of likely N-dealkylation sites (N-methyl/N-ethyl adjacent to an activating group) is 1. The molecular weight excluding hydrogens is 507 g/mol. The second kappa shape index (κ2) is 12.2. The van der Waals surface area contributed by atoms with Gasteiger partial charge in [-0.25, -0.2) is 0 Å². The zero-order valence-electron chi connectivity index (χ0n) is 17.8. The fraction of sp³-hybridized carbons (Fsp3) is 0.364. The normalized spacial score (nSPS) is 15.2. The van der Waals surface area contributed by atoms with Crippen LogP contribution >= 0.6 is 24.0 Å². The molecule has 0 radical (unpaired) electrons. The fourth-order valence-electron chi connectivity index (χ4n) is 3.37. The first-order valence-corrected chi connectivity index (χ1v) is 10.0. The van der Waals surface area contributed by atoms with Crippen LogP contribution < -0.4 is 16.0 Å². The SMILES string of the molecule is CN=C(NCC(=O)N(C)CCc1ccccn1)NCC1CC(=O)Nc2ccccc21.I. The smallest absolute Gasteiger partial charge is 0.241 e. The molecule has 3 N–H and O–H groups in total. The highest BCUT2D eigenvalue weighted by Gasteiger charge is 2.24. The number of amides is 2. The number of rotatable bonds is 7. The molecule has 166 valence electrons. The molecule has 0 spiro atoms. The highest BCUT2D eigenvalue weighted by Crippen LogP contribution is 2.31. The molecule has 0 saturated heterocycles. The average Bonchev–Trinajstić information content (AvgIpc) is 2.77. The Morgan fingerprint density at radius 3 is 2.74 bits per heavy atom. The topological polar surface area (TPSA) is 98.7 Å². The number of hydrogen-bond donors (Lipinski definition) is 3. The van der Waals surface area contributed by atoms with Crippen LogP contribution in [0.3, 0.4) is 0 Å². The predicted octanol–water partition coefficient (Wildman–Crippen LogP) is 1.99. The van der Waals surface area contributed by atoms with Gasteiger partial charge in [0.15, 0.2) is 5.96 Å². The summed E-state index contributed by atoms with van der Waals surface area (Å²) < 4.78 is 0. The highest BCUT2D eigenvalue weighted by atomic mass is 127. The van der Waals surface area contributed by atoms with E-state index in [0.717, 1.165) is 16.9 Å². The van der Waals surface area contributed by atoms with Crippen LogP contribution in [-0.4, -0.2) is 61.4 Å². The van der Waals surface area contributed by atoms with Gasteiger partial charge in [-0.1, -0.05) is 24.3 Å². The molecule has 3 rings (SSSR count). The van der Waals surface area contributed by atoms with Crippen molar-refractivity contribution in [3.05, 3.63) is 59.9 Å². The Hall–Kier alpha value is -2.69. The number of pyridine rings is 1. The molecule has 0 fully saturated rings. The van der Waals surface area contributed by atoms with Gasteiger partial charge in [0.05, 0.1) is 6.54 Å². The number of aromatic nitrogens is 1.